The summed E-state index contributed by atoms with van der Waals surface area (Å²) < 4.78 is 7.14. The number of methoxy groups -OCH3 is 1. The SMILES string of the molecule is COc1cccc(-n2ccnc2SCC(=O)Nc2ccc(C(N)=O)cc2)c1. The van der Waals surface area contributed by atoms with Crippen LogP contribution in [0.2, 0.25) is 0 Å². The molecule has 2 aromatic carbocycles. The van der Waals surface area contributed by atoms with E-state index in [1.807, 2.05) is 35.0 Å². The minimum Gasteiger partial charge on any atom is -0.497 e. The highest BCUT2D eigenvalue weighted by Gasteiger charge is 2.10. The minimum atomic E-state index is -0.507. The van der Waals surface area contributed by atoms with Crippen LogP contribution in [-0.4, -0.2) is 34.2 Å². The fourth-order valence-corrected chi connectivity index (χ4v) is 3.17. The molecular weight excluding hydrogens is 364 g/mol. The lowest BCUT2D eigenvalue weighted by molar-refractivity contribution is -0.113. The van der Waals surface area contributed by atoms with E-state index in [0.717, 1.165) is 11.4 Å². The Hall–Kier alpha value is -3.26. The molecule has 0 saturated heterocycles. The molecule has 2 amide bonds. The zero-order valence-electron chi connectivity index (χ0n) is 14.6. The maximum atomic E-state index is 12.2. The number of primary amides is 1. The number of thioether (sulfide) groups is 1. The van der Waals surface area contributed by atoms with Crippen molar-refractivity contribution >= 4 is 29.3 Å². The van der Waals surface area contributed by atoms with Gasteiger partial charge in [-0.15, -0.1) is 0 Å². The third-order valence-electron chi connectivity index (χ3n) is 3.72. The number of nitrogens with zero attached hydrogens (tertiary/aromatic N) is 2. The highest BCUT2D eigenvalue weighted by molar-refractivity contribution is 7.99. The number of nitrogens with one attached hydrogen (secondary N) is 1. The van der Waals surface area contributed by atoms with E-state index in [-0.39, 0.29) is 11.7 Å². The molecule has 3 N–H and O–H groups in total. The van der Waals surface area contributed by atoms with Crippen LogP contribution in [0.4, 0.5) is 5.69 Å². The van der Waals surface area contributed by atoms with E-state index >= 15 is 0 Å². The van der Waals surface area contributed by atoms with E-state index < -0.39 is 5.91 Å². The van der Waals surface area contributed by atoms with Crippen molar-refractivity contribution in [2.24, 2.45) is 5.73 Å². The number of rotatable bonds is 7. The van der Waals surface area contributed by atoms with Gasteiger partial charge >= 0.3 is 0 Å². The Morgan fingerprint density at radius 2 is 2.00 bits per heavy atom. The van der Waals surface area contributed by atoms with Crippen LogP contribution in [0.25, 0.3) is 5.69 Å². The molecule has 0 radical (unpaired) electrons. The average Bonchev–Trinajstić information content (AvgIpc) is 3.15. The molecule has 1 aromatic heterocycles. The molecule has 0 bridgehead atoms. The molecule has 0 atom stereocenters. The number of nitrogens with two attached hydrogens (primary N) is 1. The number of carbonyl (C=O) groups excluding carboxylic acids is 2. The van der Waals surface area contributed by atoms with Gasteiger partial charge in [-0.25, -0.2) is 4.98 Å². The highest BCUT2D eigenvalue weighted by atomic mass is 32.2. The first-order valence-corrected chi connectivity index (χ1v) is 9.05. The number of benzene rings is 2. The summed E-state index contributed by atoms with van der Waals surface area (Å²) in [6, 6.07) is 14.0. The average molecular weight is 382 g/mol. The maximum absolute atomic E-state index is 12.2. The van der Waals surface area contributed by atoms with Gasteiger partial charge in [-0.3, -0.25) is 14.2 Å². The molecule has 8 heteroatoms. The molecular formula is C19H18N4O3S. The summed E-state index contributed by atoms with van der Waals surface area (Å²) in [5, 5.41) is 3.48. The quantitative estimate of drug-likeness (QED) is 0.612. The van der Waals surface area contributed by atoms with Gasteiger partial charge in [-0.1, -0.05) is 17.8 Å². The largest absolute Gasteiger partial charge is 0.497 e. The van der Waals surface area contributed by atoms with Gasteiger partial charge < -0.3 is 15.8 Å². The lowest BCUT2D eigenvalue weighted by Crippen LogP contribution is -2.15. The van der Waals surface area contributed by atoms with Crippen molar-refractivity contribution in [3.05, 3.63) is 66.5 Å². The van der Waals surface area contributed by atoms with Crippen molar-refractivity contribution < 1.29 is 14.3 Å². The Kier molecular flexibility index (Phi) is 5.77. The Bertz CT molecular complexity index is 954. The predicted molar refractivity (Wildman–Crippen MR) is 104 cm³/mol. The van der Waals surface area contributed by atoms with Crippen LogP contribution in [0, 0.1) is 0 Å². The molecule has 0 spiro atoms. The van der Waals surface area contributed by atoms with Gasteiger partial charge in [0.2, 0.25) is 11.8 Å². The summed E-state index contributed by atoms with van der Waals surface area (Å²) in [6.07, 6.45) is 3.51. The fraction of sp³-hybridized carbons (Fsp3) is 0.105. The standard InChI is InChI=1S/C19H18N4O3S/c1-26-16-4-2-3-15(11-16)23-10-9-21-19(23)27-12-17(24)22-14-7-5-13(6-8-14)18(20)25/h2-11H,12H2,1H3,(H2,20,25)(H,22,24). The molecule has 1 heterocycles. The van der Waals surface area contributed by atoms with Crippen LogP contribution in [0.1, 0.15) is 10.4 Å². The van der Waals surface area contributed by atoms with Crippen molar-refractivity contribution in [1.82, 2.24) is 9.55 Å². The fourth-order valence-electron chi connectivity index (χ4n) is 2.40. The van der Waals surface area contributed by atoms with Crippen LogP contribution in [0.15, 0.2) is 66.1 Å². The molecule has 138 valence electrons. The molecule has 0 aliphatic heterocycles. The summed E-state index contributed by atoms with van der Waals surface area (Å²) in [5.41, 5.74) is 7.09. The Balaban J connectivity index is 1.62. The molecule has 0 aliphatic rings. The van der Waals surface area contributed by atoms with Crippen LogP contribution >= 0.6 is 11.8 Å². The predicted octanol–water partition coefficient (Wildman–Crippen LogP) is 2.71. The van der Waals surface area contributed by atoms with E-state index in [0.29, 0.717) is 16.4 Å². The van der Waals surface area contributed by atoms with Crippen molar-refractivity contribution in [2.75, 3.05) is 18.2 Å². The van der Waals surface area contributed by atoms with Crippen LogP contribution in [-0.2, 0) is 4.79 Å². The van der Waals surface area contributed by atoms with Crippen molar-refractivity contribution in [2.45, 2.75) is 5.16 Å². The van der Waals surface area contributed by atoms with Gasteiger partial charge in [0.05, 0.1) is 18.6 Å². The summed E-state index contributed by atoms with van der Waals surface area (Å²) in [5.74, 6) is 0.257. The monoisotopic (exact) mass is 382 g/mol. The van der Waals surface area contributed by atoms with E-state index in [1.165, 1.54) is 11.8 Å². The second-order valence-corrected chi connectivity index (χ2v) is 6.50. The molecule has 3 aromatic rings. The zero-order valence-corrected chi connectivity index (χ0v) is 15.4. The number of imidazole rings is 1. The van der Waals surface area contributed by atoms with Crippen molar-refractivity contribution in [1.29, 1.82) is 0 Å². The smallest absolute Gasteiger partial charge is 0.248 e. The second-order valence-electron chi connectivity index (χ2n) is 5.56. The Labute approximate surface area is 160 Å². The van der Waals surface area contributed by atoms with E-state index in [1.54, 1.807) is 37.6 Å². The first-order chi connectivity index (χ1) is 13.1. The number of hydrogen-bond donors (Lipinski definition) is 2. The third kappa shape index (κ3) is 4.68. The van der Waals surface area contributed by atoms with Crippen LogP contribution in [0.5, 0.6) is 5.75 Å². The molecule has 3 rings (SSSR count). The summed E-state index contributed by atoms with van der Waals surface area (Å²) in [6.45, 7) is 0. The van der Waals surface area contributed by atoms with Crippen molar-refractivity contribution in [3.63, 3.8) is 0 Å². The maximum Gasteiger partial charge on any atom is 0.248 e. The Morgan fingerprint density at radius 3 is 2.70 bits per heavy atom. The van der Waals surface area contributed by atoms with E-state index in [2.05, 4.69) is 10.3 Å². The van der Waals surface area contributed by atoms with E-state index in [4.69, 9.17) is 10.5 Å². The normalized spacial score (nSPS) is 10.4. The van der Waals surface area contributed by atoms with Gasteiger partial charge in [0.1, 0.15) is 5.75 Å². The first kappa shape index (κ1) is 18.5. The zero-order chi connectivity index (χ0) is 19.2. The lowest BCUT2D eigenvalue weighted by Gasteiger charge is -2.09. The number of anilines is 1. The molecule has 0 unspecified atom stereocenters. The Morgan fingerprint density at radius 1 is 1.22 bits per heavy atom. The molecule has 27 heavy (non-hydrogen) atoms. The number of carbonyl (C=O) groups is 2. The summed E-state index contributed by atoms with van der Waals surface area (Å²) >= 11 is 1.32. The molecule has 0 saturated carbocycles. The van der Waals surface area contributed by atoms with Crippen molar-refractivity contribution in [3.8, 4) is 11.4 Å². The topological polar surface area (TPSA) is 99.2 Å². The van der Waals surface area contributed by atoms with E-state index in [9.17, 15) is 9.59 Å². The number of hydrogen-bond acceptors (Lipinski definition) is 5. The summed E-state index contributed by atoms with van der Waals surface area (Å²) in [4.78, 5) is 27.6. The summed E-state index contributed by atoms with van der Waals surface area (Å²) in [7, 11) is 1.61. The number of aromatic nitrogens is 2. The third-order valence-corrected chi connectivity index (χ3v) is 4.69. The molecule has 0 aliphatic carbocycles. The number of ether oxygens (including phenoxy) is 1. The minimum absolute atomic E-state index is 0.174. The van der Waals surface area contributed by atoms with Gasteiger partial charge in [0.25, 0.3) is 0 Å². The second kappa shape index (κ2) is 8.41. The van der Waals surface area contributed by atoms with Gasteiger partial charge in [-0.2, -0.15) is 0 Å². The highest BCUT2D eigenvalue weighted by Crippen LogP contribution is 2.23. The van der Waals surface area contributed by atoms with Gasteiger partial charge in [0.15, 0.2) is 5.16 Å². The first-order valence-electron chi connectivity index (χ1n) is 8.07. The molecule has 0 fully saturated rings. The van der Waals surface area contributed by atoms with Crippen LogP contribution in [0.3, 0.4) is 0 Å². The molecule has 7 nitrogen and oxygen atoms in total. The van der Waals surface area contributed by atoms with Gasteiger partial charge in [-0.05, 0) is 36.4 Å². The van der Waals surface area contributed by atoms with Gasteiger partial charge in [0, 0.05) is 29.7 Å². The lowest BCUT2D eigenvalue weighted by atomic mass is 10.2. The number of amides is 2. The van der Waals surface area contributed by atoms with Crippen LogP contribution < -0.4 is 15.8 Å².